The summed E-state index contributed by atoms with van der Waals surface area (Å²) < 4.78 is 28.1. The fourth-order valence-corrected chi connectivity index (χ4v) is 5.04. The Kier molecular flexibility index (Phi) is 7.33. The second-order valence-electron chi connectivity index (χ2n) is 7.75. The van der Waals surface area contributed by atoms with E-state index in [1.165, 1.54) is 6.07 Å². The van der Waals surface area contributed by atoms with Gasteiger partial charge >= 0.3 is 0 Å². The molecule has 2 N–H and O–H groups in total. The fourth-order valence-electron chi connectivity index (χ4n) is 3.74. The molecule has 1 aliphatic heterocycles. The van der Waals surface area contributed by atoms with Crippen molar-refractivity contribution < 1.29 is 18.0 Å². The molecule has 1 fully saturated rings. The van der Waals surface area contributed by atoms with Crippen molar-refractivity contribution in [2.24, 2.45) is 0 Å². The first-order valence-electron chi connectivity index (χ1n) is 10.6. The molecule has 2 aromatic carbocycles. The molecule has 1 heterocycles. The number of likely N-dealkylation sites (tertiary alicyclic amines) is 1. The third-order valence-electron chi connectivity index (χ3n) is 5.39. The van der Waals surface area contributed by atoms with Crippen molar-refractivity contribution in [2.45, 2.75) is 50.5 Å². The molecule has 1 saturated heterocycles. The van der Waals surface area contributed by atoms with Gasteiger partial charge in [-0.15, -0.1) is 0 Å². The Morgan fingerprint density at radius 2 is 1.90 bits per heavy atom. The predicted molar refractivity (Wildman–Crippen MR) is 120 cm³/mol. The number of anilines is 1. The Hall–Kier alpha value is -2.87. The summed E-state index contributed by atoms with van der Waals surface area (Å²) in [5.41, 5.74) is 1.28. The van der Waals surface area contributed by atoms with Crippen LogP contribution in [-0.2, 0) is 14.8 Å². The monoisotopic (exact) mass is 443 g/mol. The number of amides is 2. The molecule has 166 valence electrons. The van der Waals surface area contributed by atoms with Crippen molar-refractivity contribution in [3.8, 4) is 0 Å². The summed E-state index contributed by atoms with van der Waals surface area (Å²) in [5, 5.41) is 2.90. The minimum Gasteiger partial charge on any atom is -0.354 e. The molecule has 1 unspecified atom stereocenters. The van der Waals surface area contributed by atoms with Crippen LogP contribution in [0.1, 0.15) is 48.5 Å². The standard InChI is InChI=1S/C23H29N3O4S/c1-3-4-14-24-22(27)20-12-8-15-26(20)23(28)18-10-7-11-19(16-18)25-31(29,30)21-13-6-5-9-17(21)2/h5-7,9-11,13,16,20,25H,3-4,8,12,14-15H2,1-2H3,(H,24,27). The van der Waals surface area contributed by atoms with E-state index >= 15 is 0 Å². The van der Waals surface area contributed by atoms with Crippen LogP contribution in [0.3, 0.4) is 0 Å². The summed E-state index contributed by atoms with van der Waals surface area (Å²) in [6.45, 7) is 4.89. The van der Waals surface area contributed by atoms with E-state index in [4.69, 9.17) is 0 Å². The van der Waals surface area contributed by atoms with Crippen LogP contribution in [0, 0.1) is 6.92 Å². The van der Waals surface area contributed by atoms with Gasteiger partial charge in [-0.05, 0) is 56.0 Å². The minimum atomic E-state index is -3.78. The lowest BCUT2D eigenvalue weighted by Crippen LogP contribution is -2.46. The Labute approximate surface area is 183 Å². The van der Waals surface area contributed by atoms with Crippen molar-refractivity contribution >= 4 is 27.5 Å². The number of nitrogens with one attached hydrogen (secondary N) is 2. The van der Waals surface area contributed by atoms with E-state index in [0.29, 0.717) is 36.3 Å². The third kappa shape index (κ3) is 5.44. The number of aryl methyl sites for hydroxylation is 1. The number of carbonyl (C=O) groups excluding carboxylic acids is 2. The number of benzene rings is 2. The second kappa shape index (κ2) is 9.96. The highest BCUT2D eigenvalue weighted by Crippen LogP contribution is 2.23. The molecule has 31 heavy (non-hydrogen) atoms. The maximum Gasteiger partial charge on any atom is 0.262 e. The predicted octanol–water partition coefficient (Wildman–Crippen LogP) is 3.32. The molecule has 0 aromatic heterocycles. The van der Waals surface area contributed by atoms with E-state index in [-0.39, 0.29) is 16.7 Å². The summed E-state index contributed by atoms with van der Waals surface area (Å²) in [7, 11) is -3.78. The molecule has 2 aromatic rings. The lowest BCUT2D eigenvalue weighted by molar-refractivity contribution is -0.124. The first kappa shape index (κ1) is 22.8. The zero-order valence-corrected chi connectivity index (χ0v) is 18.7. The smallest absolute Gasteiger partial charge is 0.262 e. The van der Waals surface area contributed by atoms with E-state index in [2.05, 4.69) is 17.0 Å². The number of nitrogens with zero attached hydrogens (tertiary/aromatic N) is 1. The zero-order chi connectivity index (χ0) is 22.4. The number of unbranched alkanes of at least 4 members (excludes halogenated alkanes) is 1. The van der Waals surface area contributed by atoms with Gasteiger partial charge in [-0.25, -0.2) is 8.42 Å². The van der Waals surface area contributed by atoms with Gasteiger partial charge in [-0.3, -0.25) is 14.3 Å². The maximum absolute atomic E-state index is 13.1. The lowest BCUT2D eigenvalue weighted by Gasteiger charge is -2.24. The molecule has 1 aliphatic rings. The highest BCUT2D eigenvalue weighted by atomic mass is 32.2. The van der Waals surface area contributed by atoms with Gasteiger partial charge in [0.1, 0.15) is 6.04 Å². The third-order valence-corrected chi connectivity index (χ3v) is 6.93. The van der Waals surface area contributed by atoms with E-state index in [0.717, 1.165) is 19.3 Å². The Morgan fingerprint density at radius 1 is 1.13 bits per heavy atom. The van der Waals surface area contributed by atoms with Crippen molar-refractivity contribution in [2.75, 3.05) is 17.8 Å². The van der Waals surface area contributed by atoms with Crippen LogP contribution in [0.5, 0.6) is 0 Å². The minimum absolute atomic E-state index is 0.129. The van der Waals surface area contributed by atoms with Gasteiger partial charge in [0.25, 0.3) is 15.9 Å². The molecule has 3 rings (SSSR count). The van der Waals surface area contributed by atoms with Crippen LogP contribution in [0.4, 0.5) is 5.69 Å². The topological polar surface area (TPSA) is 95.6 Å². The van der Waals surface area contributed by atoms with E-state index in [1.54, 1.807) is 54.3 Å². The summed E-state index contributed by atoms with van der Waals surface area (Å²) >= 11 is 0. The average molecular weight is 444 g/mol. The molecule has 0 aliphatic carbocycles. The first-order chi connectivity index (χ1) is 14.8. The number of hydrogen-bond donors (Lipinski definition) is 2. The molecular weight excluding hydrogens is 414 g/mol. The van der Waals surface area contributed by atoms with Gasteiger partial charge in [-0.2, -0.15) is 0 Å². The zero-order valence-electron chi connectivity index (χ0n) is 17.9. The van der Waals surface area contributed by atoms with Gasteiger partial charge in [0.2, 0.25) is 5.91 Å². The van der Waals surface area contributed by atoms with Gasteiger partial charge in [0, 0.05) is 24.3 Å². The van der Waals surface area contributed by atoms with Crippen molar-refractivity contribution in [3.05, 3.63) is 59.7 Å². The van der Waals surface area contributed by atoms with Crippen molar-refractivity contribution in [1.29, 1.82) is 0 Å². The van der Waals surface area contributed by atoms with Gasteiger partial charge in [0.15, 0.2) is 0 Å². The number of hydrogen-bond acceptors (Lipinski definition) is 4. The number of sulfonamides is 1. The Bertz CT molecular complexity index is 1050. The summed E-state index contributed by atoms with van der Waals surface area (Å²) in [5.74, 6) is -0.402. The maximum atomic E-state index is 13.1. The quantitative estimate of drug-likeness (QED) is 0.612. The molecule has 1 atom stereocenters. The fraction of sp³-hybridized carbons (Fsp3) is 0.391. The Morgan fingerprint density at radius 3 is 2.65 bits per heavy atom. The lowest BCUT2D eigenvalue weighted by atomic mass is 10.1. The molecule has 0 saturated carbocycles. The molecule has 0 spiro atoms. The summed E-state index contributed by atoms with van der Waals surface area (Å²) in [4.78, 5) is 27.4. The number of rotatable bonds is 8. The van der Waals surface area contributed by atoms with Crippen LogP contribution < -0.4 is 10.0 Å². The van der Waals surface area contributed by atoms with Crippen LogP contribution in [0.2, 0.25) is 0 Å². The second-order valence-corrected chi connectivity index (χ2v) is 9.40. The summed E-state index contributed by atoms with van der Waals surface area (Å²) in [6, 6.07) is 12.6. The van der Waals surface area contributed by atoms with Gasteiger partial charge in [0.05, 0.1) is 4.90 Å². The van der Waals surface area contributed by atoms with Crippen molar-refractivity contribution in [1.82, 2.24) is 10.2 Å². The normalized spacial score (nSPS) is 16.2. The molecule has 0 radical (unpaired) electrons. The van der Waals surface area contributed by atoms with E-state index in [9.17, 15) is 18.0 Å². The molecular formula is C23H29N3O4S. The molecule has 2 amide bonds. The Balaban J connectivity index is 1.75. The van der Waals surface area contributed by atoms with Crippen LogP contribution in [0.15, 0.2) is 53.4 Å². The molecule has 0 bridgehead atoms. The average Bonchev–Trinajstić information content (AvgIpc) is 3.23. The van der Waals surface area contributed by atoms with Crippen LogP contribution in [0.25, 0.3) is 0 Å². The van der Waals surface area contributed by atoms with Crippen LogP contribution >= 0.6 is 0 Å². The molecule has 8 heteroatoms. The van der Waals surface area contributed by atoms with E-state index in [1.807, 2.05) is 0 Å². The van der Waals surface area contributed by atoms with Gasteiger partial charge in [-0.1, -0.05) is 37.6 Å². The number of carbonyl (C=O) groups is 2. The highest BCUT2D eigenvalue weighted by molar-refractivity contribution is 7.92. The summed E-state index contributed by atoms with van der Waals surface area (Å²) in [6.07, 6.45) is 3.27. The van der Waals surface area contributed by atoms with Gasteiger partial charge < -0.3 is 10.2 Å². The van der Waals surface area contributed by atoms with Crippen LogP contribution in [-0.4, -0.2) is 44.3 Å². The largest absolute Gasteiger partial charge is 0.354 e. The first-order valence-corrected chi connectivity index (χ1v) is 12.1. The van der Waals surface area contributed by atoms with Crippen molar-refractivity contribution in [3.63, 3.8) is 0 Å². The van der Waals surface area contributed by atoms with E-state index < -0.39 is 16.1 Å². The molecule has 7 nitrogen and oxygen atoms in total. The SMILES string of the molecule is CCCCNC(=O)C1CCCN1C(=O)c1cccc(NS(=O)(=O)c2ccccc2C)c1. The highest BCUT2D eigenvalue weighted by Gasteiger charge is 2.34.